The molecule has 1 aromatic heterocycles. The average molecular weight is 421 g/mol. The molecule has 1 amide bonds. The fraction of sp³-hybridized carbons (Fsp3) is 0.500. The van der Waals surface area contributed by atoms with Crippen LogP contribution in [0.15, 0.2) is 23.1 Å². The van der Waals surface area contributed by atoms with Crippen LogP contribution in [0.1, 0.15) is 43.2 Å². The van der Waals surface area contributed by atoms with Crippen LogP contribution in [0.2, 0.25) is 0 Å². The Bertz CT molecular complexity index is 1050. The van der Waals surface area contributed by atoms with E-state index >= 15 is 0 Å². The predicted molar refractivity (Wildman–Crippen MR) is 110 cm³/mol. The molecule has 0 atom stereocenters. The van der Waals surface area contributed by atoms with Gasteiger partial charge in [-0.1, -0.05) is 17.7 Å². The van der Waals surface area contributed by atoms with Crippen molar-refractivity contribution in [1.82, 2.24) is 14.7 Å². The molecule has 0 fully saturated rings. The lowest BCUT2D eigenvalue weighted by Gasteiger charge is -2.30. The maximum atomic E-state index is 13.0. The minimum Gasteiger partial charge on any atom is -0.444 e. The monoisotopic (exact) mass is 420 g/mol. The number of benzene rings is 1. The number of ether oxygens (including phenoxy) is 1. The fourth-order valence-corrected chi connectivity index (χ4v) is 4.74. The summed E-state index contributed by atoms with van der Waals surface area (Å²) in [6, 6.07) is 5.20. The van der Waals surface area contributed by atoms with Crippen molar-refractivity contribution in [2.45, 2.75) is 58.1 Å². The van der Waals surface area contributed by atoms with Crippen molar-refractivity contribution in [2.75, 3.05) is 11.3 Å². The number of sulfonamides is 1. The summed E-state index contributed by atoms with van der Waals surface area (Å²) in [6.07, 6.45) is 0.114. The van der Waals surface area contributed by atoms with Crippen molar-refractivity contribution in [3.63, 3.8) is 0 Å². The lowest BCUT2D eigenvalue weighted by atomic mass is 10.1. The van der Waals surface area contributed by atoms with Gasteiger partial charge in [-0.15, -0.1) is 0 Å². The molecule has 0 bridgehead atoms. The van der Waals surface area contributed by atoms with Gasteiger partial charge in [-0.2, -0.15) is 5.10 Å². The van der Waals surface area contributed by atoms with Gasteiger partial charge in [0.2, 0.25) is 0 Å². The van der Waals surface area contributed by atoms with Gasteiger partial charge in [0, 0.05) is 25.6 Å². The number of anilines is 1. The van der Waals surface area contributed by atoms with Gasteiger partial charge in [-0.3, -0.25) is 9.40 Å². The van der Waals surface area contributed by atoms with Crippen LogP contribution in [0, 0.1) is 13.8 Å². The van der Waals surface area contributed by atoms with Gasteiger partial charge in [0.25, 0.3) is 10.0 Å². The normalized spacial score (nSPS) is 14.5. The topological polar surface area (TPSA) is 93.5 Å². The number of fused-ring (bicyclic) bond motifs is 1. The Kier molecular flexibility index (Phi) is 5.38. The molecule has 29 heavy (non-hydrogen) atoms. The number of hydrogen-bond donors (Lipinski definition) is 1. The first-order chi connectivity index (χ1) is 13.4. The molecular weight excluding hydrogens is 392 g/mol. The molecule has 0 saturated heterocycles. The summed E-state index contributed by atoms with van der Waals surface area (Å²) < 4.78 is 35.7. The summed E-state index contributed by atoms with van der Waals surface area (Å²) >= 11 is 0. The van der Waals surface area contributed by atoms with E-state index in [1.165, 1.54) is 4.68 Å². The first-order valence-corrected chi connectivity index (χ1v) is 11.0. The lowest BCUT2D eigenvalue weighted by molar-refractivity contribution is 0.0224. The highest BCUT2D eigenvalue weighted by atomic mass is 32.2. The second-order valence-electron chi connectivity index (χ2n) is 8.42. The number of carbonyl (C=O) groups excluding carboxylic acids is 1. The van der Waals surface area contributed by atoms with E-state index in [1.54, 1.807) is 31.0 Å². The van der Waals surface area contributed by atoms with E-state index in [0.717, 1.165) is 11.3 Å². The van der Waals surface area contributed by atoms with E-state index in [-0.39, 0.29) is 11.4 Å². The van der Waals surface area contributed by atoms with Crippen molar-refractivity contribution in [3.8, 4) is 0 Å². The summed E-state index contributed by atoms with van der Waals surface area (Å²) in [5, 5.41) is 4.44. The number of rotatable bonds is 3. The molecule has 8 nitrogen and oxygen atoms in total. The van der Waals surface area contributed by atoms with Gasteiger partial charge < -0.3 is 9.64 Å². The van der Waals surface area contributed by atoms with Crippen molar-refractivity contribution in [1.29, 1.82) is 0 Å². The van der Waals surface area contributed by atoms with Gasteiger partial charge in [-0.05, 0) is 46.2 Å². The van der Waals surface area contributed by atoms with Crippen LogP contribution in [0.4, 0.5) is 10.6 Å². The van der Waals surface area contributed by atoms with E-state index < -0.39 is 21.7 Å². The Labute approximate surface area is 171 Å². The molecule has 158 valence electrons. The third-order valence-electron chi connectivity index (χ3n) is 4.70. The number of amides is 1. The first-order valence-electron chi connectivity index (χ1n) is 9.50. The Morgan fingerprint density at radius 3 is 2.55 bits per heavy atom. The predicted octanol–water partition coefficient (Wildman–Crippen LogP) is 3.13. The number of aromatic nitrogens is 2. The van der Waals surface area contributed by atoms with E-state index in [1.807, 2.05) is 33.8 Å². The third-order valence-corrected chi connectivity index (χ3v) is 6.20. The highest BCUT2D eigenvalue weighted by Gasteiger charge is 2.31. The number of carbonyl (C=O) groups is 1. The van der Waals surface area contributed by atoms with Gasteiger partial charge in [0.15, 0.2) is 0 Å². The van der Waals surface area contributed by atoms with Gasteiger partial charge in [0.1, 0.15) is 11.4 Å². The molecule has 0 unspecified atom stereocenters. The zero-order valence-corrected chi connectivity index (χ0v) is 18.6. The van der Waals surface area contributed by atoms with E-state index in [9.17, 15) is 13.2 Å². The highest BCUT2D eigenvalue weighted by molar-refractivity contribution is 7.92. The molecule has 0 spiro atoms. The fourth-order valence-electron chi connectivity index (χ4n) is 3.39. The SMILES string of the molecule is Cc1ccc(S(=O)(=O)Nc2c3c(nn2C)CCN(C(=O)OC(C)(C)C)C3)c(C)c1. The highest BCUT2D eigenvalue weighted by Crippen LogP contribution is 2.29. The maximum Gasteiger partial charge on any atom is 0.410 e. The Hall–Kier alpha value is -2.55. The van der Waals surface area contributed by atoms with E-state index in [0.29, 0.717) is 29.9 Å². The smallest absolute Gasteiger partial charge is 0.410 e. The second-order valence-corrected chi connectivity index (χ2v) is 10.1. The lowest BCUT2D eigenvalue weighted by Crippen LogP contribution is -2.40. The molecule has 0 radical (unpaired) electrons. The van der Waals surface area contributed by atoms with Gasteiger partial charge in [0.05, 0.1) is 17.1 Å². The average Bonchev–Trinajstić information content (AvgIpc) is 2.87. The van der Waals surface area contributed by atoms with Crippen molar-refractivity contribution in [3.05, 3.63) is 40.6 Å². The molecule has 1 aliphatic heterocycles. The first kappa shape index (κ1) is 21.2. The molecule has 1 aromatic carbocycles. The van der Waals surface area contributed by atoms with E-state index in [2.05, 4.69) is 9.82 Å². The van der Waals surface area contributed by atoms with Crippen molar-refractivity contribution >= 4 is 21.9 Å². The molecule has 9 heteroatoms. The Morgan fingerprint density at radius 1 is 1.24 bits per heavy atom. The largest absolute Gasteiger partial charge is 0.444 e. The number of hydrogen-bond acceptors (Lipinski definition) is 5. The maximum absolute atomic E-state index is 13.0. The molecule has 0 saturated carbocycles. The zero-order valence-electron chi connectivity index (χ0n) is 17.7. The summed E-state index contributed by atoms with van der Waals surface area (Å²) in [7, 11) is -2.11. The molecule has 1 aliphatic rings. The van der Waals surface area contributed by atoms with Crippen LogP contribution in [-0.2, 0) is 34.8 Å². The second kappa shape index (κ2) is 7.37. The minimum absolute atomic E-state index is 0.220. The van der Waals surface area contributed by atoms with Crippen LogP contribution < -0.4 is 4.72 Å². The van der Waals surface area contributed by atoms with E-state index in [4.69, 9.17) is 4.74 Å². The summed E-state index contributed by atoms with van der Waals surface area (Å²) in [6.45, 7) is 9.84. The Balaban J connectivity index is 1.89. The number of nitrogens with one attached hydrogen (secondary N) is 1. The summed E-state index contributed by atoms with van der Waals surface area (Å²) in [5.74, 6) is 0.369. The Morgan fingerprint density at radius 2 is 1.93 bits per heavy atom. The van der Waals surface area contributed by atoms with Gasteiger partial charge in [-0.25, -0.2) is 13.2 Å². The summed E-state index contributed by atoms with van der Waals surface area (Å²) in [5.41, 5.74) is 2.54. The van der Waals surface area contributed by atoms with Crippen LogP contribution in [0.25, 0.3) is 0 Å². The summed E-state index contributed by atoms with van der Waals surface area (Å²) in [4.78, 5) is 14.3. The quantitative estimate of drug-likeness (QED) is 0.823. The van der Waals surface area contributed by atoms with Crippen molar-refractivity contribution in [2.24, 2.45) is 7.05 Å². The third kappa shape index (κ3) is 4.55. The molecular formula is C20H28N4O4S. The standard InChI is InChI=1S/C20H28N4O4S/c1-13-7-8-17(14(2)11-13)29(26,27)22-18-15-12-24(19(25)28-20(3,4)5)10-9-16(15)21-23(18)6/h7-8,11,22H,9-10,12H2,1-6H3. The number of nitrogens with zero attached hydrogens (tertiary/aromatic N) is 3. The van der Waals surface area contributed by atoms with Gasteiger partial charge >= 0.3 is 6.09 Å². The zero-order chi connectivity index (χ0) is 21.6. The number of aryl methyl sites for hydroxylation is 3. The van der Waals surface area contributed by atoms with Crippen molar-refractivity contribution < 1.29 is 17.9 Å². The minimum atomic E-state index is -3.80. The molecule has 1 N–H and O–H groups in total. The molecule has 0 aliphatic carbocycles. The molecule has 2 aromatic rings. The molecule has 3 rings (SSSR count). The van der Waals surface area contributed by atoms with Crippen LogP contribution >= 0.6 is 0 Å². The molecule has 2 heterocycles. The van der Waals surface area contributed by atoms with Crippen LogP contribution in [0.3, 0.4) is 0 Å². The van der Waals surface area contributed by atoms with Crippen LogP contribution in [0.5, 0.6) is 0 Å². The van der Waals surface area contributed by atoms with Crippen LogP contribution in [-0.4, -0.2) is 41.3 Å².